The quantitative estimate of drug-likeness (QED) is 0.201. The molecule has 0 saturated heterocycles. The third-order valence-electron chi connectivity index (χ3n) is 9.86. The monoisotopic (exact) mass is 869 g/mol. The maximum atomic E-state index is 5.77. The van der Waals surface area contributed by atoms with E-state index < -0.39 is 0 Å². The minimum atomic E-state index is 0. The molecule has 0 aromatic heterocycles. The van der Waals surface area contributed by atoms with Gasteiger partial charge in [-0.15, -0.1) is 0 Å². The summed E-state index contributed by atoms with van der Waals surface area (Å²) in [5.74, 6) is 7.80. The first-order chi connectivity index (χ1) is 21.5. The Morgan fingerprint density at radius 2 is 1.15 bits per heavy atom. The van der Waals surface area contributed by atoms with Gasteiger partial charge < -0.3 is 23.3 Å². The molecule has 1 aromatic carbocycles. The molecule has 2 atom stereocenters. The van der Waals surface area contributed by atoms with Gasteiger partial charge >= 0.3 is 31.1 Å². The van der Waals surface area contributed by atoms with Crippen molar-refractivity contribution < 1.29 is 40.6 Å². The van der Waals surface area contributed by atoms with Gasteiger partial charge in [-0.25, -0.2) is 6.42 Å². The van der Waals surface area contributed by atoms with Gasteiger partial charge in [-0.1, -0.05) is 141 Å². The molecule has 5 aliphatic rings. The average molecular weight is 869 g/mol. The smallest absolute Gasteiger partial charge is 0.486 e. The summed E-state index contributed by atoms with van der Waals surface area (Å²) in [4.78, 5) is 0. The Bertz CT molecular complexity index is 747. The SMILES string of the molecule is CC.CC.CC.CC(C)C12CC3CC(CC(C3)C1)C2.CC(C)C1COc2ccccc2O1.CCCCCC.[CH2-]CC([CH2-])C(C)C.[U+2]. The molecule has 2 unspecified atom stereocenters. The maximum absolute atomic E-state index is 5.77. The van der Waals surface area contributed by atoms with E-state index in [4.69, 9.17) is 9.47 Å². The van der Waals surface area contributed by atoms with E-state index in [-0.39, 0.29) is 37.2 Å². The van der Waals surface area contributed by atoms with Crippen molar-refractivity contribution in [3.63, 3.8) is 0 Å². The van der Waals surface area contributed by atoms with Crippen LogP contribution in [0, 0.1) is 91.8 Å². The number of hydrogen-bond donors (Lipinski definition) is 0. The van der Waals surface area contributed by atoms with Crippen molar-refractivity contribution in [3.8, 4) is 11.5 Å². The van der Waals surface area contributed by atoms with Crippen molar-refractivity contribution >= 4 is 0 Å². The van der Waals surface area contributed by atoms with Gasteiger partial charge in [-0.3, -0.25) is 0 Å². The zero-order valence-electron chi connectivity index (χ0n) is 33.6. The van der Waals surface area contributed by atoms with E-state index in [0.717, 1.165) is 47.0 Å². The van der Waals surface area contributed by atoms with Crippen LogP contribution >= 0.6 is 0 Å². The molecule has 6 rings (SSSR count). The molecular formula is C43H82O2U. The van der Waals surface area contributed by atoms with Gasteiger partial charge in [-0.05, 0) is 85.7 Å². The van der Waals surface area contributed by atoms with E-state index >= 15 is 0 Å². The number of fused-ring (bicyclic) bond motifs is 1. The van der Waals surface area contributed by atoms with Crippen LogP contribution in [0.1, 0.15) is 168 Å². The van der Waals surface area contributed by atoms with E-state index in [2.05, 4.69) is 69.2 Å². The fourth-order valence-electron chi connectivity index (χ4n) is 7.08. The third-order valence-corrected chi connectivity index (χ3v) is 9.86. The van der Waals surface area contributed by atoms with E-state index in [9.17, 15) is 0 Å². The van der Waals surface area contributed by atoms with Crippen LogP contribution in [0.2, 0.25) is 0 Å². The molecule has 1 heterocycles. The van der Waals surface area contributed by atoms with E-state index in [1.807, 2.05) is 65.8 Å². The predicted octanol–water partition coefficient (Wildman–Crippen LogP) is 14.3. The second-order valence-electron chi connectivity index (χ2n) is 14.1. The van der Waals surface area contributed by atoms with Crippen molar-refractivity contribution in [2.75, 3.05) is 6.61 Å². The summed E-state index contributed by atoms with van der Waals surface area (Å²) in [6.45, 7) is 38.3. The number of unbranched alkanes of at least 4 members (excludes halogenated alkanes) is 3. The predicted molar refractivity (Wildman–Crippen MR) is 204 cm³/mol. The Labute approximate surface area is 315 Å². The first-order valence-electron chi connectivity index (χ1n) is 19.6. The van der Waals surface area contributed by atoms with Crippen LogP contribution in [-0.4, -0.2) is 12.7 Å². The fraction of sp³-hybridized carbons (Fsp3) is 0.814. The Balaban J connectivity index is -0.000000527. The maximum Gasteiger partial charge on any atom is 2.00 e. The summed E-state index contributed by atoms with van der Waals surface area (Å²) in [7, 11) is 0. The summed E-state index contributed by atoms with van der Waals surface area (Å²) in [6, 6.07) is 7.80. The summed E-state index contributed by atoms with van der Waals surface area (Å²) < 4.78 is 11.3. The van der Waals surface area contributed by atoms with Crippen molar-refractivity contribution in [1.29, 1.82) is 0 Å². The molecule has 4 bridgehead atoms. The number of ether oxygens (including phenoxy) is 2. The van der Waals surface area contributed by atoms with Gasteiger partial charge in [0.2, 0.25) is 0 Å². The Morgan fingerprint density at radius 1 is 0.739 bits per heavy atom. The van der Waals surface area contributed by atoms with E-state index in [0.29, 0.717) is 24.4 Å². The minimum Gasteiger partial charge on any atom is -0.486 e. The van der Waals surface area contributed by atoms with E-state index in [1.54, 1.807) is 38.5 Å². The average Bonchev–Trinajstić information content (AvgIpc) is 3.06. The largest absolute Gasteiger partial charge is 2.00 e. The topological polar surface area (TPSA) is 18.5 Å². The molecule has 0 amide bonds. The summed E-state index contributed by atoms with van der Waals surface area (Å²) in [6.07, 6.45) is 16.2. The van der Waals surface area contributed by atoms with Crippen LogP contribution < -0.4 is 9.47 Å². The van der Waals surface area contributed by atoms with Gasteiger partial charge in [0, 0.05) is 0 Å². The van der Waals surface area contributed by atoms with Crippen molar-refractivity contribution in [1.82, 2.24) is 0 Å². The van der Waals surface area contributed by atoms with Crippen LogP contribution in [-0.2, 0) is 0 Å². The van der Waals surface area contributed by atoms with Gasteiger partial charge in [0.25, 0.3) is 0 Å². The van der Waals surface area contributed by atoms with Gasteiger partial charge in [0.15, 0.2) is 11.5 Å². The molecular weight excluding hydrogens is 787 g/mol. The standard InChI is InChI=1S/C13H22.C11H14O2.C7H14.C6H14.3C2H6.U/c1-9(2)13-6-10-3-11(7-13)5-12(4-10)8-13;1-8(2)11-7-12-9-5-3-4-6-10(9)13-11;1-5-7(4)6(2)3;1-3-5-6-4-2;3*1-2;/h9-12H,3-8H2,1-2H3;3-6,8,11H,7H2,1-2H3;6-7H,1,4-5H2,2-3H3;3-6H2,1-2H3;3*1-2H3;/q;;-2;;;;;+2. The number of para-hydroxylation sites is 2. The summed E-state index contributed by atoms with van der Waals surface area (Å²) in [5.41, 5.74) is 0.800. The van der Waals surface area contributed by atoms with Gasteiger partial charge in [0.05, 0.1) is 0 Å². The Hall–Kier alpha value is -0.128. The molecule has 270 valence electrons. The van der Waals surface area contributed by atoms with Crippen molar-refractivity contribution in [2.45, 2.75) is 174 Å². The molecule has 0 radical (unpaired) electrons. The number of hydrogen-bond acceptors (Lipinski definition) is 2. The second-order valence-corrected chi connectivity index (χ2v) is 14.1. The third kappa shape index (κ3) is 18.6. The van der Waals surface area contributed by atoms with Crippen LogP contribution in [0.15, 0.2) is 24.3 Å². The van der Waals surface area contributed by atoms with Crippen molar-refractivity contribution in [2.24, 2.45) is 46.8 Å². The Kier molecular flexibility index (Phi) is 32.5. The molecule has 4 aliphatic carbocycles. The molecule has 4 saturated carbocycles. The molecule has 1 aliphatic heterocycles. The van der Waals surface area contributed by atoms with Crippen LogP contribution in [0.3, 0.4) is 0 Å². The number of benzene rings is 1. The first kappa shape index (κ1) is 50.3. The minimum absolute atomic E-state index is 0. The Morgan fingerprint density at radius 3 is 1.46 bits per heavy atom. The van der Waals surface area contributed by atoms with Crippen molar-refractivity contribution in [3.05, 3.63) is 38.1 Å². The summed E-state index contributed by atoms with van der Waals surface area (Å²) in [5, 5.41) is 0. The van der Waals surface area contributed by atoms with Crippen LogP contribution in [0.4, 0.5) is 0 Å². The molecule has 0 spiro atoms. The van der Waals surface area contributed by atoms with Crippen LogP contribution in [0.5, 0.6) is 11.5 Å². The van der Waals surface area contributed by atoms with Crippen LogP contribution in [0.25, 0.3) is 0 Å². The fourth-order valence-corrected chi connectivity index (χ4v) is 7.08. The first-order valence-corrected chi connectivity index (χ1v) is 19.6. The zero-order chi connectivity index (χ0) is 35.0. The molecule has 2 nitrogen and oxygen atoms in total. The zero-order valence-corrected chi connectivity index (χ0v) is 37.8. The van der Waals surface area contributed by atoms with Gasteiger partial charge in [-0.2, -0.15) is 5.92 Å². The number of rotatable bonds is 7. The molecule has 3 heteroatoms. The van der Waals surface area contributed by atoms with Gasteiger partial charge in [0.1, 0.15) is 12.7 Å². The molecule has 4 fully saturated rings. The van der Waals surface area contributed by atoms with E-state index in [1.165, 1.54) is 25.7 Å². The normalized spacial score (nSPS) is 24.7. The molecule has 1 aromatic rings. The molecule has 0 N–H and O–H groups in total. The second kappa shape index (κ2) is 29.8. The molecule has 46 heavy (non-hydrogen) atoms. The summed E-state index contributed by atoms with van der Waals surface area (Å²) >= 11 is 0.